The normalized spacial score (nSPS) is 11.8. The molecule has 0 aliphatic carbocycles. The number of alkyl halides is 3. The van der Waals surface area contributed by atoms with Crippen molar-refractivity contribution in [1.29, 1.82) is 0 Å². The van der Waals surface area contributed by atoms with Crippen molar-refractivity contribution in [3.8, 4) is 10.6 Å². The Bertz CT molecular complexity index is 586. The Morgan fingerprint density at radius 3 is 2.81 bits per heavy atom. The van der Waals surface area contributed by atoms with Crippen LogP contribution in [0.1, 0.15) is 10.6 Å². The average Bonchev–Trinajstić information content (AvgIpc) is 2.92. The number of hydrogen-bond acceptors (Lipinski definition) is 5. The lowest BCUT2D eigenvalue weighted by Crippen LogP contribution is -2.18. The first-order valence-corrected chi connectivity index (χ1v) is 7.02. The minimum absolute atomic E-state index is 0.422. The standard InChI is InChI=1S/C13H14F3N3OS/c1-20-6-5-17-8-11-18-19-12(21-11)9-3-2-4-10(7-9)13(14,15)16/h2-4,7,17H,5-6,8H2,1H3. The van der Waals surface area contributed by atoms with Crippen LogP contribution < -0.4 is 5.32 Å². The molecule has 4 nitrogen and oxygen atoms in total. The zero-order valence-electron chi connectivity index (χ0n) is 11.3. The smallest absolute Gasteiger partial charge is 0.383 e. The third-order valence-electron chi connectivity index (χ3n) is 2.66. The summed E-state index contributed by atoms with van der Waals surface area (Å²) in [5.41, 5.74) is -0.263. The van der Waals surface area contributed by atoms with E-state index in [9.17, 15) is 13.2 Å². The summed E-state index contributed by atoms with van der Waals surface area (Å²) in [6.45, 7) is 1.77. The number of methoxy groups -OCH3 is 1. The summed E-state index contributed by atoms with van der Waals surface area (Å²) in [5, 5.41) is 12.2. The zero-order chi connectivity index (χ0) is 15.3. The van der Waals surface area contributed by atoms with Crippen molar-refractivity contribution < 1.29 is 17.9 Å². The molecule has 1 N–H and O–H groups in total. The fraction of sp³-hybridized carbons (Fsp3) is 0.385. The highest BCUT2D eigenvalue weighted by Crippen LogP contribution is 2.32. The van der Waals surface area contributed by atoms with Gasteiger partial charge in [0.1, 0.15) is 10.0 Å². The lowest BCUT2D eigenvalue weighted by molar-refractivity contribution is -0.137. The van der Waals surface area contributed by atoms with Crippen molar-refractivity contribution in [2.24, 2.45) is 0 Å². The second-order valence-corrected chi connectivity index (χ2v) is 5.31. The lowest BCUT2D eigenvalue weighted by Gasteiger charge is -2.06. The van der Waals surface area contributed by atoms with E-state index in [0.717, 1.165) is 17.1 Å². The maximum absolute atomic E-state index is 12.7. The number of hydrogen-bond donors (Lipinski definition) is 1. The van der Waals surface area contributed by atoms with Gasteiger partial charge in [-0.2, -0.15) is 13.2 Å². The van der Waals surface area contributed by atoms with E-state index in [0.29, 0.717) is 30.3 Å². The molecule has 0 unspecified atom stereocenters. The number of nitrogens with zero attached hydrogens (tertiary/aromatic N) is 2. The number of aromatic nitrogens is 2. The first-order valence-electron chi connectivity index (χ1n) is 6.20. The molecule has 114 valence electrons. The van der Waals surface area contributed by atoms with E-state index in [1.165, 1.54) is 17.4 Å². The predicted molar refractivity (Wildman–Crippen MR) is 73.9 cm³/mol. The van der Waals surface area contributed by atoms with Crippen LogP contribution in [-0.2, 0) is 17.5 Å². The molecular weight excluding hydrogens is 303 g/mol. The molecule has 0 saturated heterocycles. The van der Waals surface area contributed by atoms with Gasteiger partial charge in [0.05, 0.1) is 12.2 Å². The quantitative estimate of drug-likeness (QED) is 0.832. The van der Waals surface area contributed by atoms with E-state index in [1.807, 2.05) is 0 Å². The Kier molecular flexibility index (Phi) is 5.27. The number of halogens is 3. The van der Waals surface area contributed by atoms with Gasteiger partial charge >= 0.3 is 6.18 Å². The molecule has 0 spiro atoms. The van der Waals surface area contributed by atoms with E-state index in [1.54, 1.807) is 13.2 Å². The van der Waals surface area contributed by atoms with Gasteiger partial charge in [-0.05, 0) is 12.1 Å². The predicted octanol–water partition coefficient (Wildman–Crippen LogP) is 2.96. The molecule has 8 heteroatoms. The van der Waals surface area contributed by atoms with Crippen LogP contribution in [0.15, 0.2) is 24.3 Å². The van der Waals surface area contributed by atoms with Gasteiger partial charge in [0, 0.05) is 25.8 Å². The summed E-state index contributed by atoms with van der Waals surface area (Å²) in [5.74, 6) is 0. The first kappa shape index (κ1) is 15.9. The van der Waals surface area contributed by atoms with Crippen LogP contribution in [0.2, 0.25) is 0 Å². The van der Waals surface area contributed by atoms with Gasteiger partial charge < -0.3 is 10.1 Å². The van der Waals surface area contributed by atoms with Gasteiger partial charge in [0.2, 0.25) is 0 Å². The molecule has 2 rings (SSSR count). The fourth-order valence-electron chi connectivity index (χ4n) is 1.64. The van der Waals surface area contributed by atoms with E-state index >= 15 is 0 Å². The van der Waals surface area contributed by atoms with Crippen molar-refractivity contribution in [1.82, 2.24) is 15.5 Å². The van der Waals surface area contributed by atoms with Crippen molar-refractivity contribution in [3.05, 3.63) is 34.8 Å². The van der Waals surface area contributed by atoms with Gasteiger partial charge in [-0.1, -0.05) is 23.5 Å². The number of nitrogens with one attached hydrogen (secondary N) is 1. The van der Waals surface area contributed by atoms with Crippen LogP contribution in [0.25, 0.3) is 10.6 Å². The molecule has 1 aromatic heterocycles. The molecule has 1 aromatic carbocycles. The second-order valence-electron chi connectivity index (χ2n) is 4.25. The maximum atomic E-state index is 12.7. The van der Waals surface area contributed by atoms with E-state index < -0.39 is 11.7 Å². The van der Waals surface area contributed by atoms with Gasteiger partial charge in [0.25, 0.3) is 0 Å². The van der Waals surface area contributed by atoms with Gasteiger partial charge in [-0.15, -0.1) is 10.2 Å². The topological polar surface area (TPSA) is 47.0 Å². The molecule has 0 atom stereocenters. The van der Waals surface area contributed by atoms with E-state index in [4.69, 9.17) is 4.74 Å². The minimum atomic E-state index is -4.36. The van der Waals surface area contributed by atoms with Crippen molar-refractivity contribution >= 4 is 11.3 Å². The third kappa shape index (κ3) is 4.48. The Morgan fingerprint density at radius 1 is 1.29 bits per heavy atom. The van der Waals surface area contributed by atoms with Crippen LogP contribution in [-0.4, -0.2) is 30.5 Å². The molecule has 2 aromatic rings. The molecule has 0 aliphatic heterocycles. The summed E-state index contributed by atoms with van der Waals surface area (Å²) >= 11 is 1.27. The second kappa shape index (κ2) is 6.97. The number of benzene rings is 1. The SMILES string of the molecule is COCCNCc1nnc(-c2cccc(C(F)(F)F)c2)s1. The summed E-state index contributed by atoms with van der Waals surface area (Å²) < 4.78 is 42.9. The van der Waals surface area contributed by atoms with Gasteiger partial charge in [-0.25, -0.2) is 0 Å². The first-order chi connectivity index (χ1) is 10.0. The van der Waals surface area contributed by atoms with Crippen LogP contribution in [0, 0.1) is 0 Å². The molecule has 0 bridgehead atoms. The van der Waals surface area contributed by atoms with Crippen molar-refractivity contribution in [3.63, 3.8) is 0 Å². The molecule has 0 fully saturated rings. The van der Waals surface area contributed by atoms with Gasteiger partial charge in [0.15, 0.2) is 0 Å². The summed E-state index contributed by atoms with van der Waals surface area (Å²) in [4.78, 5) is 0. The fourth-order valence-corrected chi connectivity index (χ4v) is 2.45. The van der Waals surface area contributed by atoms with Crippen LogP contribution in [0.5, 0.6) is 0 Å². The Morgan fingerprint density at radius 2 is 2.10 bits per heavy atom. The Balaban J connectivity index is 2.07. The largest absolute Gasteiger partial charge is 0.416 e. The molecule has 1 heterocycles. The summed E-state index contributed by atoms with van der Waals surface area (Å²) in [7, 11) is 1.61. The molecule has 0 aliphatic rings. The van der Waals surface area contributed by atoms with E-state index in [2.05, 4.69) is 15.5 Å². The molecular formula is C13H14F3N3OS. The summed E-state index contributed by atoms with van der Waals surface area (Å²) in [6.07, 6.45) is -4.36. The van der Waals surface area contributed by atoms with Crippen molar-refractivity contribution in [2.45, 2.75) is 12.7 Å². The Hall–Kier alpha value is -1.51. The molecule has 0 saturated carbocycles. The highest BCUT2D eigenvalue weighted by molar-refractivity contribution is 7.14. The zero-order valence-corrected chi connectivity index (χ0v) is 12.1. The Labute approximate surface area is 124 Å². The number of rotatable bonds is 6. The lowest BCUT2D eigenvalue weighted by atomic mass is 10.1. The van der Waals surface area contributed by atoms with Crippen LogP contribution in [0.4, 0.5) is 13.2 Å². The monoisotopic (exact) mass is 317 g/mol. The molecule has 0 amide bonds. The highest BCUT2D eigenvalue weighted by Gasteiger charge is 2.30. The minimum Gasteiger partial charge on any atom is -0.383 e. The van der Waals surface area contributed by atoms with Crippen LogP contribution >= 0.6 is 11.3 Å². The summed E-state index contributed by atoms with van der Waals surface area (Å²) in [6, 6.07) is 5.09. The molecule has 21 heavy (non-hydrogen) atoms. The average molecular weight is 317 g/mol. The number of ether oxygens (including phenoxy) is 1. The van der Waals surface area contributed by atoms with Gasteiger partial charge in [-0.3, -0.25) is 0 Å². The highest BCUT2D eigenvalue weighted by atomic mass is 32.1. The van der Waals surface area contributed by atoms with E-state index in [-0.39, 0.29) is 0 Å². The van der Waals surface area contributed by atoms with Crippen molar-refractivity contribution in [2.75, 3.05) is 20.3 Å². The molecule has 0 radical (unpaired) electrons. The van der Waals surface area contributed by atoms with Crippen LogP contribution in [0.3, 0.4) is 0 Å². The third-order valence-corrected chi connectivity index (χ3v) is 3.64. The maximum Gasteiger partial charge on any atom is 0.416 e.